The third kappa shape index (κ3) is 5.18. The molecule has 1 aliphatic rings. The Hall–Kier alpha value is -3.45. The number of aromatic nitrogens is 2. The summed E-state index contributed by atoms with van der Waals surface area (Å²) in [5, 5.41) is 0.625. The van der Waals surface area contributed by atoms with Gasteiger partial charge in [-0.15, -0.1) is 0 Å². The van der Waals surface area contributed by atoms with E-state index < -0.39 is 23.4 Å². The Bertz CT molecular complexity index is 1390. The lowest BCUT2D eigenvalue weighted by Crippen LogP contribution is -2.28. The minimum Gasteiger partial charge on any atom is -0.485 e. The number of hydrogen-bond donors (Lipinski definition) is 0. The van der Waals surface area contributed by atoms with Crippen molar-refractivity contribution in [1.82, 2.24) is 9.55 Å². The number of benzene rings is 3. The first-order chi connectivity index (χ1) is 18.0. The van der Waals surface area contributed by atoms with Gasteiger partial charge in [-0.25, -0.2) is 18.6 Å². The highest BCUT2D eigenvalue weighted by Crippen LogP contribution is 2.39. The number of carbonyl (C=O) groups excluding carboxylic acids is 1. The molecule has 4 aromatic rings. The third-order valence-electron chi connectivity index (χ3n) is 7.04. The summed E-state index contributed by atoms with van der Waals surface area (Å²) >= 11 is 6.14. The molecule has 37 heavy (non-hydrogen) atoms. The molecule has 1 unspecified atom stereocenters. The van der Waals surface area contributed by atoms with Gasteiger partial charge in [0.25, 0.3) is 0 Å². The van der Waals surface area contributed by atoms with Crippen LogP contribution in [0.3, 0.4) is 0 Å². The molecule has 1 fully saturated rings. The predicted octanol–water partition coefficient (Wildman–Crippen LogP) is 7.62. The highest BCUT2D eigenvalue weighted by molar-refractivity contribution is 6.30. The molecule has 0 N–H and O–H groups in total. The van der Waals surface area contributed by atoms with Gasteiger partial charge in [-0.3, -0.25) is 0 Å². The van der Waals surface area contributed by atoms with E-state index in [9.17, 15) is 13.6 Å². The van der Waals surface area contributed by atoms with E-state index in [1.165, 1.54) is 0 Å². The standard InChI is InChI=1S/C29H27ClF2N2O3/c1-36-29(35)20-15-22(31)27(23(32)16-20)37-17-26(18-7-3-2-4-8-18)34-25-10-6-5-9-24(25)33-28(34)19-11-13-21(30)14-12-19/h5-6,9-16,18,26H,2-4,7-8,17H2,1H3. The summed E-state index contributed by atoms with van der Waals surface area (Å²) in [6.45, 7) is 0.0387. The van der Waals surface area contributed by atoms with Crippen molar-refractivity contribution in [2.75, 3.05) is 13.7 Å². The molecule has 192 valence electrons. The number of ether oxygens (including phenoxy) is 2. The van der Waals surface area contributed by atoms with Crippen molar-refractivity contribution in [2.45, 2.75) is 38.1 Å². The van der Waals surface area contributed by atoms with Crippen LogP contribution in [0.15, 0.2) is 60.7 Å². The van der Waals surface area contributed by atoms with E-state index in [0.29, 0.717) is 5.02 Å². The van der Waals surface area contributed by atoms with Crippen molar-refractivity contribution in [1.29, 1.82) is 0 Å². The summed E-state index contributed by atoms with van der Waals surface area (Å²) in [5.41, 5.74) is 2.43. The van der Waals surface area contributed by atoms with Gasteiger partial charge in [0.05, 0.1) is 29.7 Å². The van der Waals surface area contributed by atoms with Crippen molar-refractivity contribution in [2.24, 2.45) is 5.92 Å². The SMILES string of the molecule is COC(=O)c1cc(F)c(OCC(C2CCCCC2)n2c(-c3ccc(Cl)cc3)nc3ccccc32)c(F)c1. The molecule has 1 aliphatic carbocycles. The topological polar surface area (TPSA) is 53.4 Å². The van der Waals surface area contributed by atoms with E-state index in [2.05, 4.69) is 9.30 Å². The predicted molar refractivity (Wildman–Crippen MR) is 139 cm³/mol. The lowest BCUT2D eigenvalue weighted by molar-refractivity contribution is 0.0599. The van der Waals surface area contributed by atoms with Gasteiger partial charge in [0.15, 0.2) is 17.4 Å². The molecule has 1 saturated carbocycles. The number of fused-ring (bicyclic) bond motifs is 1. The molecule has 0 aliphatic heterocycles. The second-order valence-corrected chi connectivity index (χ2v) is 9.77. The number of esters is 1. The quantitative estimate of drug-likeness (QED) is 0.233. The average Bonchev–Trinajstić information content (AvgIpc) is 3.30. The van der Waals surface area contributed by atoms with Crippen LogP contribution in [0.4, 0.5) is 8.78 Å². The lowest BCUT2D eigenvalue weighted by atomic mass is 9.83. The van der Waals surface area contributed by atoms with Gasteiger partial charge in [0.2, 0.25) is 0 Å². The smallest absolute Gasteiger partial charge is 0.338 e. The van der Waals surface area contributed by atoms with Gasteiger partial charge in [0, 0.05) is 10.6 Å². The Morgan fingerprint density at radius 2 is 1.73 bits per heavy atom. The molecule has 0 radical (unpaired) electrons. The molecule has 5 nitrogen and oxygen atoms in total. The molecule has 1 aromatic heterocycles. The number of rotatable bonds is 7. The summed E-state index contributed by atoms with van der Waals surface area (Å²) in [6.07, 6.45) is 5.29. The summed E-state index contributed by atoms with van der Waals surface area (Å²) in [6, 6.07) is 17.0. The molecule has 3 aromatic carbocycles. The molecule has 8 heteroatoms. The Balaban J connectivity index is 1.57. The fourth-order valence-corrected chi connectivity index (χ4v) is 5.35. The third-order valence-corrected chi connectivity index (χ3v) is 7.29. The summed E-state index contributed by atoms with van der Waals surface area (Å²) in [5.74, 6) is -2.24. The first-order valence-electron chi connectivity index (χ1n) is 12.4. The molecule has 5 rings (SSSR count). The molecule has 1 atom stereocenters. The maximum atomic E-state index is 14.9. The molecular weight excluding hydrogens is 498 g/mol. The average molecular weight is 525 g/mol. The zero-order chi connectivity index (χ0) is 25.9. The van der Waals surface area contributed by atoms with Gasteiger partial charge in [0.1, 0.15) is 12.4 Å². The van der Waals surface area contributed by atoms with Crippen LogP contribution in [0, 0.1) is 17.6 Å². The van der Waals surface area contributed by atoms with Crippen molar-refractivity contribution in [3.05, 3.63) is 82.9 Å². The minimum atomic E-state index is -0.948. The first kappa shape index (κ1) is 25.2. The van der Waals surface area contributed by atoms with E-state index >= 15 is 0 Å². The number of nitrogens with zero attached hydrogens (tertiary/aromatic N) is 2. The summed E-state index contributed by atoms with van der Waals surface area (Å²) in [4.78, 5) is 16.7. The van der Waals surface area contributed by atoms with Crippen LogP contribution in [-0.4, -0.2) is 29.2 Å². The highest BCUT2D eigenvalue weighted by Gasteiger charge is 2.30. The van der Waals surface area contributed by atoms with Crippen LogP contribution in [-0.2, 0) is 4.74 Å². The van der Waals surface area contributed by atoms with Crippen LogP contribution in [0.2, 0.25) is 5.02 Å². The van der Waals surface area contributed by atoms with E-state index in [1.807, 2.05) is 48.5 Å². The summed E-state index contributed by atoms with van der Waals surface area (Å²) in [7, 11) is 1.16. The number of imidazole rings is 1. The van der Waals surface area contributed by atoms with Gasteiger partial charge < -0.3 is 14.0 Å². The molecule has 0 spiro atoms. The normalized spacial score (nSPS) is 15.0. The van der Waals surface area contributed by atoms with Gasteiger partial charge in [-0.1, -0.05) is 43.0 Å². The fourth-order valence-electron chi connectivity index (χ4n) is 5.23. The number of methoxy groups -OCH3 is 1. The van der Waals surface area contributed by atoms with E-state index in [-0.39, 0.29) is 24.1 Å². The number of carbonyl (C=O) groups is 1. The van der Waals surface area contributed by atoms with Gasteiger partial charge in [-0.2, -0.15) is 0 Å². The van der Waals surface area contributed by atoms with Gasteiger partial charge >= 0.3 is 5.97 Å². The van der Waals surface area contributed by atoms with Crippen LogP contribution in [0.25, 0.3) is 22.4 Å². The largest absolute Gasteiger partial charge is 0.485 e. The van der Waals surface area contributed by atoms with E-state index in [1.54, 1.807) is 0 Å². The zero-order valence-electron chi connectivity index (χ0n) is 20.4. The number of para-hydroxylation sites is 2. The first-order valence-corrected chi connectivity index (χ1v) is 12.8. The number of hydrogen-bond acceptors (Lipinski definition) is 4. The molecular formula is C29H27ClF2N2O3. The van der Waals surface area contributed by atoms with Crippen molar-refractivity contribution in [3.63, 3.8) is 0 Å². The minimum absolute atomic E-state index is 0.0387. The molecule has 0 amide bonds. The Morgan fingerprint density at radius 3 is 2.41 bits per heavy atom. The number of halogens is 3. The maximum Gasteiger partial charge on any atom is 0.338 e. The van der Waals surface area contributed by atoms with E-state index in [0.717, 1.165) is 73.8 Å². The molecule has 0 saturated heterocycles. The van der Waals surface area contributed by atoms with Crippen LogP contribution in [0.5, 0.6) is 5.75 Å². The van der Waals surface area contributed by atoms with Crippen molar-refractivity contribution < 1.29 is 23.0 Å². The molecule has 0 bridgehead atoms. The highest BCUT2D eigenvalue weighted by atomic mass is 35.5. The summed E-state index contributed by atoms with van der Waals surface area (Å²) < 4.78 is 42.3. The lowest BCUT2D eigenvalue weighted by Gasteiger charge is -2.32. The monoisotopic (exact) mass is 524 g/mol. The second kappa shape index (κ2) is 10.9. The Morgan fingerprint density at radius 1 is 1.05 bits per heavy atom. The Labute approximate surface area is 219 Å². The van der Waals surface area contributed by atoms with Crippen LogP contribution >= 0.6 is 11.6 Å². The fraction of sp³-hybridized carbons (Fsp3) is 0.310. The molecule has 1 heterocycles. The Kier molecular flexibility index (Phi) is 7.42. The van der Waals surface area contributed by atoms with Crippen molar-refractivity contribution >= 4 is 28.6 Å². The van der Waals surface area contributed by atoms with Crippen LogP contribution in [0.1, 0.15) is 48.5 Å². The maximum absolute atomic E-state index is 14.9. The van der Waals surface area contributed by atoms with Crippen LogP contribution < -0.4 is 4.74 Å². The van der Waals surface area contributed by atoms with E-state index in [4.69, 9.17) is 21.3 Å². The van der Waals surface area contributed by atoms with Crippen molar-refractivity contribution in [3.8, 4) is 17.1 Å². The second-order valence-electron chi connectivity index (χ2n) is 9.34. The van der Waals surface area contributed by atoms with Gasteiger partial charge in [-0.05, 0) is 67.3 Å². The zero-order valence-corrected chi connectivity index (χ0v) is 21.2.